The number of nitrogens with zero attached hydrogens (tertiary/aromatic N) is 2. The predicted octanol–water partition coefficient (Wildman–Crippen LogP) is 4.68. The maximum atomic E-state index is 15.3. The van der Waals surface area contributed by atoms with Gasteiger partial charge in [0.25, 0.3) is 11.8 Å². The summed E-state index contributed by atoms with van der Waals surface area (Å²) in [7, 11) is 0. The number of anilines is 2. The molecule has 1 aliphatic carbocycles. The molecule has 0 unspecified atom stereocenters. The average Bonchev–Trinajstić information content (AvgIpc) is 3.55. The van der Waals surface area contributed by atoms with Crippen molar-refractivity contribution in [3.05, 3.63) is 116 Å². The van der Waals surface area contributed by atoms with Crippen LogP contribution in [-0.2, 0) is 32.2 Å². The van der Waals surface area contributed by atoms with Gasteiger partial charge < -0.3 is 31.1 Å². The van der Waals surface area contributed by atoms with Gasteiger partial charge in [0, 0.05) is 66.6 Å². The molecule has 3 aromatic carbocycles. The number of hydrogen-bond acceptors (Lipinski definition) is 7. The molecule has 4 amide bonds. The van der Waals surface area contributed by atoms with Gasteiger partial charge in [-0.25, -0.2) is 18.4 Å². The Morgan fingerprint density at radius 1 is 0.803 bits per heavy atom. The summed E-state index contributed by atoms with van der Waals surface area (Å²) in [5.41, 5.74) is 2.80. The Bertz CT molecular complexity index is 2120. The average molecular weight is 898 g/mol. The molecule has 1 fully saturated rings. The Labute approximate surface area is 448 Å². The number of rotatable bonds is 14. The third-order valence-corrected chi connectivity index (χ3v) is 11.9. The van der Waals surface area contributed by atoms with E-state index in [0.29, 0.717) is 61.7 Å². The topological polar surface area (TPSA) is 151 Å². The van der Waals surface area contributed by atoms with Gasteiger partial charge in [0.05, 0.1) is 11.1 Å². The van der Waals surface area contributed by atoms with Crippen molar-refractivity contribution in [2.45, 2.75) is 77.3 Å². The van der Waals surface area contributed by atoms with Gasteiger partial charge in [-0.15, -0.1) is 11.3 Å². The Hall–Kier alpha value is -1.18. The number of unbranched alkanes of at least 4 members (excludes halogenated alkanes) is 1. The SMILES string of the molecule is CC1(C)CN(C(=O)NCCCCO)CCN1Cc1cccc(C(=O)Nc2sc3c(c2C(=O)Nc2cc(F)c(CCc4ccc(C(=O)O)cc4)c(F)c2)CCCC3)c1.[NaH].[NaH].[NaH].[NaH]. The summed E-state index contributed by atoms with van der Waals surface area (Å²) in [6.45, 7) is 7.08. The fourth-order valence-electron chi connectivity index (χ4n) is 7.49. The fraction of sp³-hybridized carbons (Fsp3) is 0.395. The number of benzene rings is 3. The van der Waals surface area contributed by atoms with Gasteiger partial charge in [-0.3, -0.25) is 14.5 Å². The number of thiophene rings is 1. The summed E-state index contributed by atoms with van der Waals surface area (Å²) in [4.78, 5) is 56.6. The van der Waals surface area contributed by atoms with Crippen LogP contribution >= 0.6 is 11.3 Å². The van der Waals surface area contributed by atoms with E-state index in [4.69, 9.17) is 10.2 Å². The van der Waals surface area contributed by atoms with E-state index in [1.54, 1.807) is 18.2 Å². The minimum absolute atomic E-state index is 0. The molecule has 61 heavy (non-hydrogen) atoms. The number of aliphatic hydroxyl groups is 1. The number of aromatic carboxylic acids is 1. The van der Waals surface area contributed by atoms with Crippen molar-refractivity contribution >= 4 is 164 Å². The molecule has 18 heteroatoms. The van der Waals surface area contributed by atoms with Crippen LogP contribution in [0, 0.1) is 11.6 Å². The molecule has 0 atom stereocenters. The van der Waals surface area contributed by atoms with Crippen LogP contribution in [0.25, 0.3) is 0 Å². The number of urea groups is 1. The molecule has 1 aliphatic heterocycles. The van der Waals surface area contributed by atoms with Crippen LogP contribution in [0.2, 0.25) is 0 Å². The van der Waals surface area contributed by atoms with E-state index in [1.807, 2.05) is 23.1 Å². The number of fused-ring (bicyclic) bond motifs is 1. The molecule has 1 aromatic heterocycles. The van der Waals surface area contributed by atoms with Crippen LogP contribution in [0.5, 0.6) is 0 Å². The third-order valence-electron chi connectivity index (χ3n) is 10.7. The molecule has 310 valence electrons. The van der Waals surface area contributed by atoms with E-state index in [0.717, 1.165) is 59.4 Å². The Kier molecular flexibility index (Phi) is 23.9. The van der Waals surface area contributed by atoms with Crippen molar-refractivity contribution in [2.24, 2.45) is 0 Å². The van der Waals surface area contributed by atoms with Crippen molar-refractivity contribution in [1.82, 2.24) is 15.1 Å². The molecule has 0 saturated carbocycles. The molecule has 0 spiro atoms. The predicted molar refractivity (Wildman–Crippen MR) is 245 cm³/mol. The Morgan fingerprint density at radius 3 is 2.15 bits per heavy atom. The van der Waals surface area contributed by atoms with Gasteiger partial charge in [-0.1, -0.05) is 24.3 Å². The first-order valence-electron chi connectivity index (χ1n) is 19.4. The summed E-state index contributed by atoms with van der Waals surface area (Å²) in [5, 5.41) is 27.1. The molecule has 0 bridgehead atoms. The van der Waals surface area contributed by atoms with E-state index in [-0.39, 0.29) is 172 Å². The fourth-order valence-corrected chi connectivity index (χ4v) is 8.77. The van der Waals surface area contributed by atoms with Crippen LogP contribution in [0.3, 0.4) is 0 Å². The second-order valence-corrected chi connectivity index (χ2v) is 16.4. The molecule has 1 saturated heterocycles. The first-order valence-corrected chi connectivity index (χ1v) is 20.2. The van der Waals surface area contributed by atoms with Crippen molar-refractivity contribution in [2.75, 3.05) is 43.4 Å². The number of amides is 4. The second-order valence-electron chi connectivity index (χ2n) is 15.3. The number of nitrogens with one attached hydrogen (secondary N) is 3. The maximum absolute atomic E-state index is 15.3. The molecular formula is C43H53F2N5Na4O6S. The first-order chi connectivity index (χ1) is 27.3. The number of carbonyl (C=O) groups excluding carboxylic acids is 3. The van der Waals surface area contributed by atoms with Crippen molar-refractivity contribution in [3.8, 4) is 0 Å². The summed E-state index contributed by atoms with van der Waals surface area (Å²) in [5.74, 6) is -3.63. The number of aryl methyl sites for hydroxylation is 2. The van der Waals surface area contributed by atoms with Crippen molar-refractivity contribution in [3.63, 3.8) is 0 Å². The zero-order chi connectivity index (χ0) is 40.7. The summed E-state index contributed by atoms with van der Waals surface area (Å²) < 4.78 is 30.5. The number of halogens is 2. The van der Waals surface area contributed by atoms with Crippen LogP contribution in [0.4, 0.5) is 24.3 Å². The van der Waals surface area contributed by atoms with Crippen LogP contribution in [-0.4, -0.2) is 200 Å². The second kappa shape index (κ2) is 26.1. The summed E-state index contributed by atoms with van der Waals surface area (Å²) in [6.07, 6.45) is 4.91. The Morgan fingerprint density at radius 2 is 1.49 bits per heavy atom. The van der Waals surface area contributed by atoms with Gasteiger partial charge in [0.1, 0.15) is 16.6 Å². The van der Waals surface area contributed by atoms with Gasteiger partial charge in [0.2, 0.25) is 0 Å². The number of carbonyl (C=O) groups is 4. The number of piperazine rings is 1. The zero-order valence-corrected chi connectivity index (χ0v) is 33.1. The summed E-state index contributed by atoms with van der Waals surface area (Å²) >= 11 is 1.35. The van der Waals surface area contributed by atoms with Gasteiger partial charge in [-0.05, 0) is 118 Å². The molecule has 2 aliphatic rings. The van der Waals surface area contributed by atoms with E-state index in [9.17, 15) is 19.2 Å². The van der Waals surface area contributed by atoms with Crippen molar-refractivity contribution in [1.29, 1.82) is 0 Å². The summed E-state index contributed by atoms with van der Waals surface area (Å²) in [6, 6.07) is 15.5. The quantitative estimate of drug-likeness (QED) is 0.0912. The molecule has 6 rings (SSSR count). The first kappa shape index (κ1) is 56.0. The van der Waals surface area contributed by atoms with Crippen molar-refractivity contribution < 1.29 is 38.2 Å². The third kappa shape index (κ3) is 14.9. The molecule has 4 aromatic rings. The Balaban J connectivity index is 0.00000320. The van der Waals surface area contributed by atoms with Gasteiger partial charge in [0.15, 0.2) is 0 Å². The molecule has 2 heterocycles. The number of carboxylic acid groups (broad SMARTS) is 1. The molecule has 11 nitrogen and oxygen atoms in total. The molecule has 5 N–H and O–H groups in total. The van der Waals surface area contributed by atoms with E-state index in [1.165, 1.54) is 23.5 Å². The van der Waals surface area contributed by atoms with Gasteiger partial charge in [-0.2, -0.15) is 0 Å². The van der Waals surface area contributed by atoms with Crippen LogP contribution in [0.15, 0.2) is 60.7 Å². The molecule has 0 radical (unpaired) electrons. The van der Waals surface area contributed by atoms with E-state index < -0.39 is 23.5 Å². The van der Waals surface area contributed by atoms with Crippen LogP contribution < -0.4 is 16.0 Å². The normalized spacial score (nSPS) is 14.1. The zero-order valence-electron chi connectivity index (χ0n) is 32.3. The van der Waals surface area contributed by atoms with E-state index in [2.05, 4.69) is 34.7 Å². The number of hydrogen-bond donors (Lipinski definition) is 5. The van der Waals surface area contributed by atoms with Gasteiger partial charge >= 0.3 is 130 Å². The minimum atomic E-state index is -1.06. The monoisotopic (exact) mass is 897 g/mol. The number of aliphatic hydroxyl groups excluding tert-OH is 1. The standard InChI is InChI=1S/C43H49F2N5O6S.4Na.4H/c1-43(2)26-49(42(56)46-18-5-6-21-51)19-20-50(43)25-28-8-7-9-30(22-28)38(52)48-40-37(33-10-3-4-11-36(33)57-40)39(53)47-31-23-34(44)32(35(45)24-31)17-14-27-12-15-29(16-13-27)41(54)55;;;;;;;;/h7-9,12-13,15-16,22-24,51H,3-6,10-11,14,17-21,25-26H2,1-2H3,(H,46,56)(H,47,53)(H,48,52)(H,54,55);;;;;;;;. The van der Waals surface area contributed by atoms with Crippen LogP contribution in [0.1, 0.15) is 97.7 Å². The van der Waals surface area contributed by atoms with E-state index >= 15 is 8.78 Å². The molecular weight excluding hydrogens is 845 g/mol. The number of carboxylic acids is 1.